The van der Waals surface area contributed by atoms with Gasteiger partial charge in [0.2, 0.25) is 0 Å². The molecule has 2 amide bonds. The van der Waals surface area contributed by atoms with Gasteiger partial charge in [-0.25, -0.2) is 9.79 Å². The maximum absolute atomic E-state index is 12.6. The first-order valence-electron chi connectivity index (χ1n) is 11.2. The fourth-order valence-electron chi connectivity index (χ4n) is 3.20. The van der Waals surface area contributed by atoms with Crippen LogP contribution in [0.25, 0.3) is 0 Å². The van der Waals surface area contributed by atoms with Gasteiger partial charge in [-0.3, -0.25) is 4.79 Å². The predicted molar refractivity (Wildman–Crippen MR) is 123 cm³/mol. The minimum Gasteiger partial charge on any atom is -0.444 e. The van der Waals surface area contributed by atoms with Gasteiger partial charge in [-0.15, -0.1) is 0 Å². The lowest BCUT2D eigenvalue weighted by Gasteiger charge is -2.26. The summed E-state index contributed by atoms with van der Waals surface area (Å²) < 4.78 is 5.21. The van der Waals surface area contributed by atoms with E-state index in [0.717, 1.165) is 43.6 Å². The first-order valence-corrected chi connectivity index (χ1v) is 11.2. The number of rotatable bonds is 7. The highest BCUT2D eigenvalue weighted by molar-refractivity contribution is 5.94. The summed E-state index contributed by atoms with van der Waals surface area (Å²) in [6, 6.07) is 7.67. The Labute approximate surface area is 185 Å². The Bertz CT molecular complexity index is 735. The topological polar surface area (TPSA) is 95.1 Å². The number of piperidine rings is 1. The van der Waals surface area contributed by atoms with Gasteiger partial charge in [0.15, 0.2) is 5.96 Å². The van der Waals surface area contributed by atoms with Gasteiger partial charge in [0.1, 0.15) is 5.60 Å². The van der Waals surface area contributed by atoms with Gasteiger partial charge in [0.25, 0.3) is 5.91 Å². The lowest BCUT2D eigenvalue weighted by Crippen LogP contribution is -2.42. The molecule has 0 spiro atoms. The Balaban J connectivity index is 1.81. The minimum atomic E-state index is -0.512. The molecule has 0 radical (unpaired) electrons. The molecule has 8 nitrogen and oxygen atoms in total. The molecule has 1 aromatic carbocycles. The monoisotopic (exact) mass is 431 g/mol. The fourth-order valence-corrected chi connectivity index (χ4v) is 3.20. The molecule has 0 atom stereocenters. The van der Waals surface area contributed by atoms with E-state index in [1.807, 2.05) is 56.9 Å². The van der Waals surface area contributed by atoms with Crippen molar-refractivity contribution in [3.63, 3.8) is 0 Å². The van der Waals surface area contributed by atoms with E-state index in [9.17, 15) is 9.59 Å². The summed E-state index contributed by atoms with van der Waals surface area (Å²) in [7, 11) is 0. The van der Waals surface area contributed by atoms with Crippen LogP contribution in [0.15, 0.2) is 29.3 Å². The van der Waals surface area contributed by atoms with Gasteiger partial charge in [-0.2, -0.15) is 0 Å². The number of amides is 2. The van der Waals surface area contributed by atoms with Crippen LogP contribution >= 0.6 is 0 Å². The van der Waals surface area contributed by atoms with Gasteiger partial charge in [-0.1, -0.05) is 12.1 Å². The highest BCUT2D eigenvalue weighted by atomic mass is 16.6. The average molecular weight is 432 g/mol. The molecule has 0 unspecified atom stereocenters. The molecule has 1 saturated heterocycles. The maximum atomic E-state index is 12.6. The molecule has 0 bridgehead atoms. The van der Waals surface area contributed by atoms with Crippen LogP contribution in [0.1, 0.15) is 62.9 Å². The van der Waals surface area contributed by atoms with Crippen LogP contribution in [0.3, 0.4) is 0 Å². The number of nitrogens with one attached hydrogen (secondary N) is 3. The quantitative estimate of drug-likeness (QED) is 0.351. The van der Waals surface area contributed by atoms with E-state index in [-0.39, 0.29) is 5.91 Å². The van der Waals surface area contributed by atoms with Crippen molar-refractivity contribution in [2.24, 2.45) is 4.99 Å². The first kappa shape index (κ1) is 24.5. The molecule has 31 heavy (non-hydrogen) atoms. The van der Waals surface area contributed by atoms with E-state index < -0.39 is 11.7 Å². The smallest absolute Gasteiger partial charge is 0.407 e. The van der Waals surface area contributed by atoms with Crippen molar-refractivity contribution in [3.8, 4) is 0 Å². The molecular formula is C23H37N5O3. The number of alkyl carbamates (subject to hydrolysis) is 1. The van der Waals surface area contributed by atoms with E-state index in [1.165, 1.54) is 6.42 Å². The zero-order valence-corrected chi connectivity index (χ0v) is 19.3. The van der Waals surface area contributed by atoms with Crippen LogP contribution in [0.2, 0.25) is 0 Å². The van der Waals surface area contributed by atoms with Crippen molar-refractivity contribution < 1.29 is 14.3 Å². The first-order chi connectivity index (χ1) is 14.8. The van der Waals surface area contributed by atoms with Crippen LogP contribution in [-0.4, -0.2) is 61.2 Å². The fraction of sp³-hybridized carbons (Fsp3) is 0.609. The van der Waals surface area contributed by atoms with Crippen molar-refractivity contribution in [2.75, 3.05) is 32.7 Å². The highest BCUT2D eigenvalue weighted by Gasteiger charge is 2.18. The maximum Gasteiger partial charge on any atom is 0.407 e. The van der Waals surface area contributed by atoms with E-state index in [4.69, 9.17) is 4.74 Å². The summed E-state index contributed by atoms with van der Waals surface area (Å²) in [6.07, 6.45) is 2.95. The normalized spacial score (nSPS) is 14.7. The largest absolute Gasteiger partial charge is 0.444 e. The van der Waals surface area contributed by atoms with Gasteiger partial charge < -0.3 is 25.6 Å². The van der Waals surface area contributed by atoms with Crippen molar-refractivity contribution in [2.45, 2.75) is 59.1 Å². The van der Waals surface area contributed by atoms with E-state index in [1.54, 1.807) is 0 Å². The number of likely N-dealkylation sites (tertiary alicyclic amines) is 1. The molecule has 172 valence electrons. The Kier molecular flexibility index (Phi) is 9.62. The van der Waals surface area contributed by atoms with Gasteiger partial charge in [0.05, 0.1) is 6.54 Å². The summed E-state index contributed by atoms with van der Waals surface area (Å²) in [5, 5.41) is 9.09. The second-order valence-electron chi connectivity index (χ2n) is 8.60. The minimum absolute atomic E-state index is 0.113. The molecule has 1 heterocycles. The molecule has 3 N–H and O–H groups in total. The molecule has 1 fully saturated rings. The highest BCUT2D eigenvalue weighted by Crippen LogP contribution is 2.14. The summed E-state index contributed by atoms with van der Waals surface area (Å²) in [5.74, 6) is 0.782. The number of aliphatic imine (C=N–C) groups is 1. The van der Waals surface area contributed by atoms with E-state index in [0.29, 0.717) is 25.6 Å². The second-order valence-corrected chi connectivity index (χ2v) is 8.60. The predicted octanol–water partition coefficient (Wildman–Crippen LogP) is 2.89. The number of carbonyl (C=O) groups excluding carboxylic acids is 2. The lowest BCUT2D eigenvalue weighted by molar-refractivity contribution is 0.0528. The average Bonchev–Trinajstić information content (AvgIpc) is 2.74. The van der Waals surface area contributed by atoms with Gasteiger partial charge >= 0.3 is 6.09 Å². The molecule has 1 aliphatic rings. The van der Waals surface area contributed by atoms with Crippen LogP contribution in [0.4, 0.5) is 4.79 Å². The van der Waals surface area contributed by atoms with Gasteiger partial charge in [0, 0.05) is 38.3 Å². The number of guanidine groups is 1. The Morgan fingerprint density at radius 1 is 1.00 bits per heavy atom. The summed E-state index contributed by atoms with van der Waals surface area (Å²) >= 11 is 0. The SMILES string of the molecule is CCNC(=NCc1ccc(C(=O)N2CCCCC2)cc1)NCCNC(=O)OC(C)(C)C. The zero-order valence-electron chi connectivity index (χ0n) is 19.3. The van der Waals surface area contributed by atoms with Crippen molar-refractivity contribution in [1.29, 1.82) is 0 Å². The molecule has 8 heteroatoms. The second kappa shape index (κ2) is 12.2. The lowest BCUT2D eigenvalue weighted by atomic mass is 10.1. The number of hydrogen-bond donors (Lipinski definition) is 3. The number of carbonyl (C=O) groups is 2. The standard InChI is InChI=1S/C23H37N5O3/c1-5-24-21(25-13-14-26-22(30)31-23(2,3)4)27-17-18-9-11-19(12-10-18)20(29)28-15-7-6-8-16-28/h9-12H,5-8,13-17H2,1-4H3,(H,26,30)(H2,24,25,27). The van der Waals surface area contributed by atoms with Gasteiger partial charge in [-0.05, 0) is 64.7 Å². The zero-order chi connectivity index (χ0) is 22.7. The van der Waals surface area contributed by atoms with Crippen LogP contribution in [-0.2, 0) is 11.3 Å². The summed E-state index contributed by atoms with van der Waals surface area (Å²) in [4.78, 5) is 30.8. The number of nitrogens with zero attached hydrogens (tertiary/aromatic N) is 2. The molecule has 1 aromatic rings. The molecule has 0 saturated carbocycles. The van der Waals surface area contributed by atoms with E-state index >= 15 is 0 Å². The Hall–Kier alpha value is -2.77. The molecular weight excluding hydrogens is 394 g/mol. The Morgan fingerprint density at radius 3 is 2.26 bits per heavy atom. The van der Waals surface area contributed by atoms with Crippen molar-refractivity contribution >= 4 is 18.0 Å². The third-order valence-electron chi connectivity index (χ3n) is 4.69. The number of ether oxygens (including phenoxy) is 1. The van der Waals surface area contributed by atoms with Crippen molar-refractivity contribution in [1.82, 2.24) is 20.9 Å². The van der Waals surface area contributed by atoms with Crippen LogP contribution in [0.5, 0.6) is 0 Å². The van der Waals surface area contributed by atoms with Crippen LogP contribution < -0.4 is 16.0 Å². The third-order valence-corrected chi connectivity index (χ3v) is 4.69. The van der Waals surface area contributed by atoms with Crippen LogP contribution in [0, 0.1) is 0 Å². The molecule has 0 aromatic heterocycles. The molecule has 0 aliphatic carbocycles. The molecule has 1 aliphatic heterocycles. The molecule has 2 rings (SSSR count). The Morgan fingerprint density at radius 2 is 1.65 bits per heavy atom. The third kappa shape index (κ3) is 9.27. The summed E-state index contributed by atoms with van der Waals surface area (Å²) in [5.41, 5.74) is 1.24. The summed E-state index contributed by atoms with van der Waals surface area (Å²) in [6.45, 7) is 11.4. The number of benzene rings is 1. The van der Waals surface area contributed by atoms with E-state index in [2.05, 4.69) is 20.9 Å². The van der Waals surface area contributed by atoms with Crippen molar-refractivity contribution in [3.05, 3.63) is 35.4 Å². The number of hydrogen-bond acceptors (Lipinski definition) is 4.